The fourth-order valence-corrected chi connectivity index (χ4v) is 3.56. The van der Waals surface area contributed by atoms with Gasteiger partial charge in [-0.05, 0) is 50.3 Å². The number of carboxylic acid groups (broad SMARTS) is 1. The molecule has 1 aliphatic heterocycles. The topological polar surface area (TPSA) is 158 Å². The van der Waals surface area contributed by atoms with Gasteiger partial charge >= 0.3 is 5.97 Å². The average molecular weight is 477 g/mol. The van der Waals surface area contributed by atoms with Gasteiger partial charge in [-0.25, -0.2) is 0 Å². The molecular weight excluding hydrogens is 444 g/mol. The van der Waals surface area contributed by atoms with E-state index < -0.39 is 47.7 Å². The van der Waals surface area contributed by atoms with E-state index in [0.29, 0.717) is 31.6 Å². The summed E-state index contributed by atoms with van der Waals surface area (Å²) in [7, 11) is 0. The molecule has 1 aromatic rings. The summed E-state index contributed by atoms with van der Waals surface area (Å²) in [6.45, 7) is 5.14. The van der Waals surface area contributed by atoms with E-state index >= 15 is 0 Å². The van der Waals surface area contributed by atoms with Crippen molar-refractivity contribution in [3.8, 4) is 0 Å². The summed E-state index contributed by atoms with van der Waals surface area (Å²) >= 11 is 0. The molecule has 4 N–H and O–H groups in total. The van der Waals surface area contributed by atoms with E-state index in [0.717, 1.165) is 0 Å². The molecule has 0 radical (unpaired) electrons. The van der Waals surface area contributed by atoms with Gasteiger partial charge in [0, 0.05) is 12.6 Å². The van der Waals surface area contributed by atoms with Crippen molar-refractivity contribution in [3.05, 3.63) is 30.2 Å². The zero-order valence-electron chi connectivity index (χ0n) is 19.6. The van der Waals surface area contributed by atoms with Crippen LogP contribution in [0.4, 0.5) is 0 Å². The summed E-state index contributed by atoms with van der Waals surface area (Å²) in [4.78, 5) is 62.4. The number of carbonyl (C=O) groups excluding carboxylic acids is 4. The number of furan rings is 1. The maximum absolute atomic E-state index is 12.7. The molecule has 4 amide bonds. The molecule has 0 bridgehead atoms. The SMILES string of the molecule is CC(C)C[C@H](NC(=O)/C=C\c1ccco1)C(=O)NCC(=O)N1CCC[C@H]1C(=O)N[C@@H](C)C(=O)O. The number of carboxylic acids is 1. The van der Waals surface area contributed by atoms with Crippen molar-refractivity contribution in [1.82, 2.24) is 20.9 Å². The van der Waals surface area contributed by atoms with Gasteiger partial charge in [0.1, 0.15) is 23.9 Å². The van der Waals surface area contributed by atoms with Crippen molar-refractivity contribution in [1.29, 1.82) is 0 Å². The van der Waals surface area contributed by atoms with Crippen LogP contribution in [0.15, 0.2) is 28.9 Å². The Morgan fingerprint density at radius 3 is 2.56 bits per heavy atom. The Morgan fingerprint density at radius 1 is 1.21 bits per heavy atom. The van der Waals surface area contributed by atoms with Crippen LogP contribution in [0.25, 0.3) is 6.08 Å². The Hall–Kier alpha value is -3.63. The van der Waals surface area contributed by atoms with Crippen LogP contribution in [-0.2, 0) is 24.0 Å². The molecule has 0 saturated carbocycles. The highest BCUT2D eigenvalue weighted by Gasteiger charge is 2.35. The number of nitrogens with one attached hydrogen (secondary N) is 3. The maximum atomic E-state index is 12.7. The van der Waals surface area contributed by atoms with Crippen LogP contribution in [0.1, 0.15) is 45.8 Å². The molecule has 11 heteroatoms. The maximum Gasteiger partial charge on any atom is 0.325 e. The highest BCUT2D eigenvalue weighted by Crippen LogP contribution is 2.17. The lowest BCUT2D eigenvalue weighted by molar-refractivity contribution is -0.143. The largest absolute Gasteiger partial charge is 0.480 e. The minimum Gasteiger partial charge on any atom is -0.480 e. The molecule has 2 rings (SSSR count). The molecule has 0 aromatic carbocycles. The summed E-state index contributed by atoms with van der Waals surface area (Å²) in [5, 5.41) is 16.5. The summed E-state index contributed by atoms with van der Waals surface area (Å²) in [5.74, 6) is -2.57. The van der Waals surface area contributed by atoms with Crippen LogP contribution in [-0.4, -0.2) is 70.8 Å². The molecule has 0 spiro atoms. The van der Waals surface area contributed by atoms with E-state index in [2.05, 4.69) is 16.0 Å². The Kier molecular flexibility index (Phi) is 9.84. The number of hydrogen-bond acceptors (Lipinski definition) is 6. The Labute approximate surface area is 197 Å². The smallest absolute Gasteiger partial charge is 0.325 e. The minimum atomic E-state index is -1.17. The summed E-state index contributed by atoms with van der Waals surface area (Å²) < 4.78 is 5.13. The third-order valence-electron chi connectivity index (χ3n) is 5.30. The van der Waals surface area contributed by atoms with Crippen LogP contribution in [0, 0.1) is 5.92 Å². The molecule has 0 unspecified atom stereocenters. The second-order valence-corrected chi connectivity index (χ2v) is 8.57. The van der Waals surface area contributed by atoms with Gasteiger partial charge in [-0.15, -0.1) is 0 Å². The van der Waals surface area contributed by atoms with Crippen molar-refractivity contribution in [2.45, 2.75) is 58.2 Å². The summed E-state index contributed by atoms with van der Waals surface area (Å²) in [6.07, 6.45) is 5.58. The highest BCUT2D eigenvalue weighted by molar-refractivity contribution is 5.96. The summed E-state index contributed by atoms with van der Waals surface area (Å²) in [6, 6.07) is 0.652. The van der Waals surface area contributed by atoms with E-state index in [9.17, 15) is 24.0 Å². The Morgan fingerprint density at radius 2 is 1.94 bits per heavy atom. The lowest BCUT2D eigenvalue weighted by Gasteiger charge is -2.25. The van der Waals surface area contributed by atoms with Gasteiger partial charge < -0.3 is 30.4 Å². The first-order valence-electron chi connectivity index (χ1n) is 11.2. The van der Waals surface area contributed by atoms with Crippen LogP contribution in [0.5, 0.6) is 0 Å². The molecule has 2 heterocycles. The number of amides is 4. The Balaban J connectivity index is 1.93. The van der Waals surface area contributed by atoms with Crippen LogP contribution >= 0.6 is 0 Å². The number of aliphatic carboxylic acids is 1. The van der Waals surface area contributed by atoms with E-state index in [1.165, 1.54) is 30.2 Å². The van der Waals surface area contributed by atoms with Gasteiger partial charge in [0.05, 0.1) is 12.8 Å². The molecular formula is C23H32N4O7. The van der Waals surface area contributed by atoms with Crippen LogP contribution < -0.4 is 16.0 Å². The highest BCUT2D eigenvalue weighted by atomic mass is 16.4. The molecule has 3 atom stereocenters. The minimum absolute atomic E-state index is 0.101. The monoisotopic (exact) mass is 476 g/mol. The van der Waals surface area contributed by atoms with Gasteiger partial charge in [0.2, 0.25) is 23.6 Å². The van der Waals surface area contributed by atoms with Gasteiger partial charge in [0.25, 0.3) is 0 Å². The normalized spacial score (nSPS) is 17.4. The third-order valence-corrected chi connectivity index (χ3v) is 5.30. The predicted octanol–water partition coefficient (Wildman–Crippen LogP) is 0.520. The van der Waals surface area contributed by atoms with Gasteiger partial charge in [-0.2, -0.15) is 0 Å². The first kappa shape index (κ1) is 26.6. The average Bonchev–Trinajstić information content (AvgIpc) is 3.47. The van der Waals surface area contributed by atoms with Crippen molar-refractivity contribution in [2.24, 2.45) is 5.92 Å². The lowest BCUT2D eigenvalue weighted by atomic mass is 10.0. The molecule has 34 heavy (non-hydrogen) atoms. The van der Waals surface area contributed by atoms with Crippen LogP contribution in [0.3, 0.4) is 0 Å². The molecule has 1 fully saturated rings. The van der Waals surface area contributed by atoms with E-state index in [1.807, 2.05) is 13.8 Å². The van der Waals surface area contributed by atoms with Gasteiger partial charge in [-0.1, -0.05) is 13.8 Å². The molecule has 0 aliphatic carbocycles. The van der Waals surface area contributed by atoms with Crippen molar-refractivity contribution >= 4 is 35.7 Å². The predicted molar refractivity (Wildman–Crippen MR) is 122 cm³/mol. The fourth-order valence-electron chi connectivity index (χ4n) is 3.56. The number of carbonyl (C=O) groups is 5. The van der Waals surface area contributed by atoms with E-state index in [1.54, 1.807) is 12.1 Å². The zero-order valence-corrected chi connectivity index (χ0v) is 19.6. The standard InChI is InChI=1S/C23H32N4O7/c1-14(2)12-17(26-19(28)9-8-16-6-5-11-34-16)21(30)24-13-20(29)27-10-4-7-18(27)22(31)25-15(3)23(32)33/h5-6,8-9,11,14-15,17-18H,4,7,10,12-13H2,1-3H3,(H,24,30)(H,25,31)(H,26,28)(H,32,33)/b9-8-/t15-,17-,18-/m0/s1. The number of nitrogens with zero attached hydrogens (tertiary/aromatic N) is 1. The van der Waals surface area contributed by atoms with E-state index in [-0.39, 0.29) is 12.5 Å². The quantitative estimate of drug-likeness (QED) is 0.339. The molecule has 11 nitrogen and oxygen atoms in total. The Bertz CT molecular complexity index is 910. The van der Waals surface area contributed by atoms with Crippen molar-refractivity contribution < 1.29 is 33.5 Å². The molecule has 186 valence electrons. The molecule has 1 aromatic heterocycles. The first-order valence-corrected chi connectivity index (χ1v) is 11.2. The fraction of sp³-hybridized carbons (Fsp3) is 0.522. The van der Waals surface area contributed by atoms with Crippen molar-refractivity contribution in [2.75, 3.05) is 13.1 Å². The number of rotatable bonds is 11. The second-order valence-electron chi connectivity index (χ2n) is 8.57. The summed E-state index contributed by atoms with van der Waals surface area (Å²) in [5.41, 5.74) is 0. The van der Waals surface area contributed by atoms with Gasteiger partial charge in [0.15, 0.2) is 0 Å². The lowest BCUT2D eigenvalue weighted by Crippen LogP contribution is -2.53. The first-order chi connectivity index (χ1) is 16.1. The molecule has 1 saturated heterocycles. The molecule has 1 aliphatic rings. The van der Waals surface area contributed by atoms with Gasteiger partial charge in [-0.3, -0.25) is 24.0 Å². The third kappa shape index (κ3) is 8.05. The van der Waals surface area contributed by atoms with Crippen LogP contribution in [0.2, 0.25) is 0 Å². The van der Waals surface area contributed by atoms with Crippen molar-refractivity contribution in [3.63, 3.8) is 0 Å². The van der Waals surface area contributed by atoms with E-state index in [4.69, 9.17) is 9.52 Å². The second kappa shape index (κ2) is 12.6. The zero-order chi connectivity index (χ0) is 25.3. The number of likely N-dealkylation sites (tertiary alicyclic amines) is 1. The number of hydrogen-bond donors (Lipinski definition) is 4.